The summed E-state index contributed by atoms with van der Waals surface area (Å²) in [6, 6.07) is 76.2. The van der Waals surface area contributed by atoms with Crippen LogP contribution in [0.2, 0.25) is 0 Å². The van der Waals surface area contributed by atoms with Gasteiger partial charge in [-0.3, -0.25) is 0 Å². The Balaban J connectivity index is 0.000000279. The quantitative estimate of drug-likeness (QED) is 0.0946. The van der Waals surface area contributed by atoms with Crippen LogP contribution in [-0.4, -0.2) is 6.88 Å². The maximum absolute atomic E-state index is 3.06. The van der Waals surface area contributed by atoms with Crippen LogP contribution in [-0.2, 0) is 36.2 Å². The summed E-state index contributed by atoms with van der Waals surface area (Å²) in [5.74, 6) is 0.970. The van der Waals surface area contributed by atoms with Crippen LogP contribution in [0.3, 0.4) is 0 Å². The molecule has 0 aliphatic rings. The third kappa shape index (κ3) is 13.5. The normalized spacial score (nSPS) is 11.2. The van der Waals surface area contributed by atoms with Gasteiger partial charge in [0, 0.05) is 0 Å². The molecule has 0 N–H and O–H groups in total. The topological polar surface area (TPSA) is 0 Å². The van der Waals surface area contributed by atoms with E-state index < -0.39 is 0 Å². The van der Waals surface area contributed by atoms with Gasteiger partial charge in [-0.15, -0.1) is 69.6 Å². The first kappa shape index (κ1) is 57.2. The first-order chi connectivity index (χ1) is 32.2. The Kier molecular flexibility index (Phi) is 21.9. The molecule has 0 aromatic heterocycles. The molecule has 10 rings (SSSR count). The molecule has 0 saturated heterocycles. The van der Waals surface area contributed by atoms with E-state index in [1.165, 1.54) is 134 Å². The van der Waals surface area contributed by atoms with E-state index >= 15 is 0 Å². The molecule has 2 unspecified atom stereocenters. The molecule has 2 radical (unpaired) electrons. The second-order valence-electron chi connectivity index (χ2n) is 18.2. The molecule has 0 saturated carbocycles. The van der Waals surface area contributed by atoms with Gasteiger partial charge in [0.25, 0.3) is 0 Å². The molecule has 0 nitrogen and oxygen atoms in total. The van der Waals surface area contributed by atoms with E-state index in [0.717, 1.165) is 12.8 Å². The fourth-order valence-electron chi connectivity index (χ4n) is 9.40. The summed E-state index contributed by atoms with van der Waals surface area (Å²) in [4.78, 5) is 0. The molecule has 0 spiro atoms. The molecular formula is C66H66Cl2SiZr-4. The van der Waals surface area contributed by atoms with E-state index in [4.69, 9.17) is 0 Å². The summed E-state index contributed by atoms with van der Waals surface area (Å²) in [5.41, 5.74) is 21.2. The Labute approximate surface area is 449 Å². The van der Waals surface area contributed by atoms with E-state index in [2.05, 4.69) is 255 Å². The van der Waals surface area contributed by atoms with Crippen LogP contribution >= 0.6 is 24.8 Å². The van der Waals surface area contributed by atoms with Crippen LogP contribution in [0.1, 0.15) is 70.2 Å². The van der Waals surface area contributed by atoms with Crippen LogP contribution in [0, 0.1) is 42.5 Å². The molecule has 10 aromatic carbocycles. The molecule has 2 atom stereocenters. The third-order valence-corrected chi connectivity index (χ3v) is 13.2. The van der Waals surface area contributed by atoms with Crippen LogP contribution in [0.15, 0.2) is 206 Å². The molecule has 0 fully saturated rings. The van der Waals surface area contributed by atoms with Crippen molar-refractivity contribution in [2.75, 3.05) is 0 Å². The van der Waals surface area contributed by atoms with Crippen LogP contribution < -0.4 is 0 Å². The second-order valence-corrected chi connectivity index (χ2v) is 18.2. The van der Waals surface area contributed by atoms with Crippen LogP contribution in [0.4, 0.5) is 0 Å². The summed E-state index contributed by atoms with van der Waals surface area (Å²) < 4.78 is 0. The minimum absolute atomic E-state index is 0. The van der Waals surface area contributed by atoms with E-state index in [9.17, 15) is 0 Å². The number of hydrogen-bond acceptors (Lipinski definition) is 0. The summed E-state index contributed by atoms with van der Waals surface area (Å²) in [5, 5.41) is 5.40. The fraction of sp³-hybridized carbons (Fsp3) is 0.152. The predicted octanol–water partition coefficient (Wildman–Crippen LogP) is 19.1. The number of hydrogen-bond donors (Lipinski definition) is 0. The molecule has 4 heteroatoms. The van der Waals surface area contributed by atoms with Crippen molar-refractivity contribution in [3.05, 3.63) is 266 Å². The zero-order chi connectivity index (χ0) is 46.2. The maximum atomic E-state index is 3.06. The van der Waals surface area contributed by atoms with Crippen molar-refractivity contribution < 1.29 is 23.3 Å². The van der Waals surface area contributed by atoms with Gasteiger partial charge in [-0.25, -0.2) is 0 Å². The minimum atomic E-state index is 0. The summed E-state index contributed by atoms with van der Waals surface area (Å²) in [7, 11) is 0. The Hall–Kier alpha value is -5.34. The Bertz CT molecular complexity index is 2770. The van der Waals surface area contributed by atoms with Crippen molar-refractivity contribution in [3.63, 3.8) is 0 Å². The zero-order valence-electron chi connectivity index (χ0n) is 42.0. The Morgan fingerprint density at radius 1 is 0.371 bits per heavy atom. The molecule has 0 bridgehead atoms. The van der Waals surface area contributed by atoms with Crippen molar-refractivity contribution in [1.82, 2.24) is 0 Å². The van der Waals surface area contributed by atoms with Crippen molar-refractivity contribution in [3.8, 4) is 44.5 Å². The number of fused-ring (bicyclic) bond motifs is 2. The van der Waals surface area contributed by atoms with Gasteiger partial charge in [-0.2, -0.15) is 12.1 Å². The fourth-order valence-corrected chi connectivity index (χ4v) is 9.40. The molecule has 356 valence electrons. The van der Waals surface area contributed by atoms with Crippen molar-refractivity contribution in [2.24, 2.45) is 0 Å². The average molecular weight is 1050 g/mol. The SMILES string of the molecule is Cc1ccc(-c2ccc(-c3ccc(C)cc3)c3[cH-]c(CC(C)c4ccccc4)cc23)cc1.Cc1ccc(-c2ccc(-c3ccc(C)cc3)c3[cH-]c(CC(C)c4ccccc4)cc23)cc1.Cl.Cl.[CH3-].[CH3-].[Si]=[Zr]. The van der Waals surface area contributed by atoms with E-state index in [-0.39, 0.29) is 39.7 Å². The Morgan fingerprint density at radius 3 is 0.914 bits per heavy atom. The number of benzene rings is 8. The molecular weight excluding hydrogens is 983 g/mol. The molecule has 0 aliphatic carbocycles. The van der Waals surface area contributed by atoms with E-state index in [0.29, 0.717) is 11.8 Å². The summed E-state index contributed by atoms with van der Waals surface area (Å²) in [6.45, 7) is 16.3. The molecule has 0 aliphatic heterocycles. The number of halogens is 2. The number of rotatable bonds is 10. The summed E-state index contributed by atoms with van der Waals surface area (Å²) >= 11 is 1.36. The van der Waals surface area contributed by atoms with Gasteiger partial charge < -0.3 is 14.9 Å². The van der Waals surface area contributed by atoms with Crippen molar-refractivity contribution in [1.29, 1.82) is 0 Å². The van der Waals surface area contributed by atoms with Gasteiger partial charge in [-0.05, 0) is 74.6 Å². The van der Waals surface area contributed by atoms with Crippen LogP contribution in [0.25, 0.3) is 66.1 Å². The van der Waals surface area contributed by atoms with Crippen LogP contribution in [0.5, 0.6) is 0 Å². The molecule has 0 amide bonds. The van der Waals surface area contributed by atoms with Crippen molar-refractivity contribution in [2.45, 2.75) is 66.2 Å². The zero-order valence-corrected chi connectivity index (χ0v) is 47.1. The van der Waals surface area contributed by atoms with Gasteiger partial charge in [0.2, 0.25) is 0 Å². The first-order valence-electron chi connectivity index (χ1n) is 23.2. The van der Waals surface area contributed by atoms with E-state index in [1.54, 1.807) is 0 Å². The van der Waals surface area contributed by atoms with Gasteiger partial charge in [-0.1, -0.05) is 251 Å². The molecule has 10 aromatic rings. The van der Waals surface area contributed by atoms with Gasteiger partial charge >= 0.3 is 30.2 Å². The molecule has 0 heterocycles. The predicted molar refractivity (Wildman–Crippen MR) is 310 cm³/mol. The first-order valence-corrected chi connectivity index (χ1v) is 27.4. The van der Waals surface area contributed by atoms with Gasteiger partial charge in [0.05, 0.1) is 0 Å². The van der Waals surface area contributed by atoms with Gasteiger partial charge in [0.15, 0.2) is 0 Å². The van der Waals surface area contributed by atoms with Crippen molar-refractivity contribution >= 4 is 53.2 Å². The standard InChI is InChI=1S/2C32H29.2CH3.2ClH.Si.Zr/c2*1-22-9-13-27(14-10-22)29-17-18-30(28-15-11-23(2)12-16-28)32-21-25(20-31(29)32)19-24(3)26-7-5-4-6-8-26;;;;;;/h2*4-18,20-21,24H,19H2,1-3H3;2*1H3;2*1H;;/q4*-1;;;;. The summed E-state index contributed by atoms with van der Waals surface area (Å²) in [6.07, 6.45) is 2.08. The third-order valence-electron chi connectivity index (χ3n) is 13.2. The molecule has 70 heavy (non-hydrogen) atoms. The number of aryl methyl sites for hydroxylation is 4. The monoisotopic (exact) mass is 1050 g/mol. The second kappa shape index (κ2) is 26.8. The average Bonchev–Trinajstić information content (AvgIpc) is 3.98. The Morgan fingerprint density at radius 2 is 0.629 bits per heavy atom. The van der Waals surface area contributed by atoms with E-state index in [1.807, 2.05) is 0 Å². The van der Waals surface area contributed by atoms with Gasteiger partial charge in [0.1, 0.15) is 0 Å².